The molecule has 5 heteroatoms. The molecule has 0 saturated heterocycles. The number of hydrogen-bond acceptors (Lipinski definition) is 4. The van der Waals surface area contributed by atoms with Crippen LogP contribution >= 0.6 is 23.6 Å². The van der Waals surface area contributed by atoms with E-state index in [0.29, 0.717) is 4.99 Å². The van der Waals surface area contributed by atoms with E-state index in [9.17, 15) is 0 Å². The van der Waals surface area contributed by atoms with Crippen LogP contribution in [0.25, 0.3) is 10.1 Å². The summed E-state index contributed by atoms with van der Waals surface area (Å²) in [6.45, 7) is 0. The molecular weight excluding hydrogens is 274 g/mol. The minimum atomic E-state index is 0.374. The van der Waals surface area contributed by atoms with Crippen molar-refractivity contribution < 1.29 is 0 Å². The van der Waals surface area contributed by atoms with E-state index in [-0.39, 0.29) is 0 Å². The maximum atomic E-state index is 5.61. The Hall–Kier alpha value is -1.98. The Balaban J connectivity index is 1.91. The molecule has 0 unspecified atom stereocenters. The van der Waals surface area contributed by atoms with Gasteiger partial charge in [0.25, 0.3) is 0 Å². The zero-order valence-electron chi connectivity index (χ0n) is 9.96. The van der Waals surface area contributed by atoms with Crippen LogP contribution in [0.4, 0.5) is 11.5 Å². The van der Waals surface area contributed by atoms with E-state index in [0.717, 1.165) is 17.1 Å². The highest BCUT2D eigenvalue weighted by molar-refractivity contribution is 7.80. The number of rotatable bonds is 3. The van der Waals surface area contributed by atoms with Gasteiger partial charge in [-0.2, -0.15) is 0 Å². The Morgan fingerprint density at radius 1 is 1.21 bits per heavy atom. The predicted octanol–water partition coefficient (Wildman–Crippen LogP) is 3.67. The zero-order chi connectivity index (χ0) is 13.2. The molecule has 3 rings (SSSR count). The summed E-state index contributed by atoms with van der Waals surface area (Å²) in [6.07, 6.45) is 1.69. The molecule has 19 heavy (non-hydrogen) atoms. The molecule has 0 aliphatic rings. The smallest absolute Gasteiger partial charge is 0.130 e. The molecular formula is C14H11N3S2. The Bertz CT molecular complexity index is 749. The lowest BCUT2D eigenvalue weighted by molar-refractivity contribution is 1.30. The highest BCUT2D eigenvalue weighted by Gasteiger charge is 2.02. The van der Waals surface area contributed by atoms with Gasteiger partial charge in [0.05, 0.1) is 0 Å². The number of nitrogens with one attached hydrogen (secondary N) is 1. The average molecular weight is 285 g/mol. The monoisotopic (exact) mass is 285 g/mol. The largest absolute Gasteiger partial charge is 0.389 e. The van der Waals surface area contributed by atoms with Crippen molar-refractivity contribution in [3.8, 4) is 0 Å². The number of nitrogens with zero attached hydrogens (tertiary/aromatic N) is 1. The third-order valence-corrected chi connectivity index (χ3v) is 3.90. The summed E-state index contributed by atoms with van der Waals surface area (Å²) in [7, 11) is 0. The second-order valence-corrected chi connectivity index (χ2v) is 5.48. The van der Waals surface area contributed by atoms with E-state index in [1.165, 1.54) is 10.1 Å². The number of hydrogen-bond donors (Lipinski definition) is 2. The Labute approximate surface area is 120 Å². The van der Waals surface area contributed by atoms with Gasteiger partial charge >= 0.3 is 0 Å². The van der Waals surface area contributed by atoms with Crippen LogP contribution in [-0.4, -0.2) is 9.97 Å². The molecule has 94 valence electrons. The maximum Gasteiger partial charge on any atom is 0.130 e. The minimum Gasteiger partial charge on any atom is -0.389 e. The van der Waals surface area contributed by atoms with Crippen LogP contribution in [0.5, 0.6) is 0 Å². The van der Waals surface area contributed by atoms with Crippen molar-refractivity contribution in [2.45, 2.75) is 0 Å². The lowest BCUT2D eigenvalue weighted by Gasteiger charge is -2.07. The lowest BCUT2D eigenvalue weighted by Crippen LogP contribution is -2.09. The van der Waals surface area contributed by atoms with E-state index >= 15 is 0 Å². The van der Waals surface area contributed by atoms with Gasteiger partial charge in [-0.1, -0.05) is 12.2 Å². The molecule has 0 bridgehead atoms. The number of benzene rings is 1. The van der Waals surface area contributed by atoms with Crippen molar-refractivity contribution in [1.29, 1.82) is 0 Å². The summed E-state index contributed by atoms with van der Waals surface area (Å²) in [5, 5.41) is 6.57. The Morgan fingerprint density at radius 2 is 2.11 bits per heavy atom. The summed E-state index contributed by atoms with van der Waals surface area (Å²) in [5.74, 6) is 0.736. The van der Waals surface area contributed by atoms with Crippen LogP contribution in [-0.2, 0) is 0 Å². The van der Waals surface area contributed by atoms with Crippen molar-refractivity contribution in [1.82, 2.24) is 4.98 Å². The van der Waals surface area contributed by atoms with E-state index in [1.54, 1.807) is 23.6 Å². The van der Waals surface area contributed by atoms with Gasteiger partial charge in [-0.25, -0.2) is 4.98 Å². The topological polar surface area (TPSA) is 50.9 Å². The molecule has 1 aromatic carbocycles. The molecule has 0 atom stereocenters. The van der Waals surface area contributed by atoms with Gasteiger partial charge in [-0.05, 0) is 47.2 Å². The second kappa shape index (κ2) is 4.95. The van der Waals surface area contributed by atoms with Crippen LogP contribution in [0.3, 0.4) is 0 Å². The van der Waals surface area contributed by atoms with Crippen LogP contribution in [0.15, 0.2) is 48.0 Å². The molecule has 0 saturated carbocycles. The normalized spacial score (nSPS) is 10.5. The summed E-state index contributed by atoms with van der Waals surface area (Å²) in [5.41, 5.74) is 7.42. The van der Waals surface area contributed by atoms with Crippen LogP contribution < -0.4 is 11.1 Å². The molecule has 2 aromatic heterocycles. The molecule has 0 fully saturated rings. The highest BCUT2D eigenvalue weighted by Crippen LogP contribution is 2.25. The Morgan fingerprint density at radius 3 is 2.95 bits per heavy atom. The van der Waals surface area contributed by atoms with Crippen molar-refractivity contribution in [3.63, 3.8) is 0 Å². The summed E-state index contributed by atoms with van der Waals surface area (Å²) >= 11 is 6.69. The number of aromatic nitrogens is 1. The van der Waals surface area contributed by atoms with Gasteiger partial charge in [-0.3, -0.25) is 0 Å². The molecule has 0 amide bonds. The van der Waals surface area contributed by atoms with Crippen LogP contribution in [0.1, 0.15) is 5.56 Å². The quantitative estimate of drug-likeness (QED) is 0.721. The molecule has 3 N–H and O–H groups in total. The number of fused-ring (bicyclic) bond motifs is 1. The van der Waals surface area contributed by atoms with E-state index in [1.807, 2.05) is 12.1 Å². The van der Waals surface area contributed by atoms with Gasteiger partial charge < -0.3 is 11.1 Å². The lowest BCUT2D eigenvalue weighted by atomic mass is 10.2. The number of pyridine rings is 1. The molecule has 0 radical (unpaired) electrons. The van der Waals surface area contributed by atoms with Crippen molar-refractivity contribution in [2.75, 3.05) is 5.32 Å². The average Bonchev–Trinajstić information content (AvgIpc) is 2.86. The molecule has 3 nitrogen and oxygen atoms in total. The first kappa shape index (κ1) is 12.1. The van der Waals surface area contributed by atoms with Crippen molar-refractivity contribution in [3.05, 3.63) is 53.5 Å². The minimum absolute atomic E-state index is 0.374. The third kappa shape index (κ3) is 2.57. The van der Waals surface area contributed by atoms with Gasteiger partial charge in [0.15, 0.2) is 0 Å². The first-order chi connectivity index (χ1) is 9.22. The van der Waals surface area contributed by atoms with Crippen LogP contribution in [0, 0.1) is 0 Å². The fraction of sp³-hybridized carbons (Fsp3) is 0. The number of anilines is 2. The first-order valence-electron chi connectivity index (χ1n) is 5.72. The second-order valence-electron chi connectivity index (χ2n) is 4.09. The third-order valence-electron chi connectivity index (χ3n) is 2.77. The standard InChI is InChI=1S/C14H11N3S2/c15-14(18)10-3-5-16-13(8-10)17-11-1-2-12-9(7-11)4-6-19-12/h1-8H,(H2,15,18)(H,16,17). The summed E-state index contributed by atoms with van der Waals surface area (Å²) in [6, 6.07) is 12.0. The molecule has 3 aromatic rings. The SMILES string of the molecule is NC(=S)c1ccnc(Nc2ccc3sccc3c2)c1. The Kier molecular flexibility index (Phi) is 3.15. The molecule has 0 aliphatic heterocycles. The molecule has 0 spiro atoms. The van der Waals surface area contributed by atoms with Crippen molar-refractivity contribution in [2.24, 2.45) is 5.73 Å². The van der Waals surface area contributed by atoms with Crippen molar-refractivity contribution >= 4 is 50.1 Å². The van der Waals surface area contributed by atoms with Gasteiger partial charge in [0.1, 0.15) is 10.8 Å². The fourth-order valence-electron chi connectivity index (χ4n) is 1.84. The first-order valence-corrected chi connectivity index (χ1v) is 7.01. The van der Waals surface area contributed by atoms with E-state index in [2.05, 4.69) is 33.9 Å². The maximum absolute atomic E-state index is 5.61. The summed E-state index contributed by atoms with van der Waals surface area (Å²) < 4.78 is 1.27. The van der Waals surface area contributed by atoms with Gasteiger partial charge in [0.2, 0.25) is 0 Å². The predicted molar refractivity (Wildman–Crippen MR) is 85.2 cm³/mol. The molecule has 2 heterocycles. The van der Waals surface area contributed by atoms with E-state index < -0.39 is 0 Å². The summed E-state index contributed by atoms with van der Waals surface area (Å²) in [4.78, 5) is 4.63. The number of thiophene rings is 1. The number of thiocarbonyl (C=S) groups is 1. The zero-order valence-corrected chi connectivity index (χ0v) is 11.6. The highest BCUT2D eigenvalue weighted by atomic mass is 32.1. The number of nitrogens with two attached hydrogens (primary N) is 1. The van der Waals surface area contributed by atoms with Gasteiger partial charge in [-0.15, -0.1) is 11.3 Å². The molecule has 0 aliphatic carbocycles. The van der Waals surface area contributed by atoms with Crippen LogP contribution in [0.2, 0.25) is 0 Å². The fourth-order valence-corrected chi connectivity index (χ4v) is 2.74. The van der Waals surface area contributed by atoms with E-state index in [4.69, 9.17) is 18.0 Å². The van der Waals surface area contributed by atoms with Gasteiger partial charge in [0, 0.05) is 22.1 Å².